The number of aryl methyl sites for hydroxylation is 1. The Morgan fingerprint density at radius 2 is 1.80 bits per heavy atom. The average molecular weight is 356 g/mol. The van der Waals surface area contributed by atoms with Crippen molar-refractivity contribution in [1.82, 2.24) is 4.90 Å². The molecule has 0 amide bonds. The quantitative estimate of drug-likeness (QED) is 0.896. The first-order valence-corrected chi connectivity index (χ1v) is 10.3. The van der Waals surface area contributed by atoms with Crippen molar-refractivity contribution in [2.24, 2.45) is 0 Å². The highest BCUT2D eigenvalue weighted by Gasteiger charge is 2.34. The molecule has 0 unspecified atom stereocenters. The first kappa shape index (κ1) is 16.6. The maximum atomic E-state index is 13.0. The van der Waals surface area contributed by atoms with Gasteiger partial charge in [0.05, 0.1) is 9.79 Å². The Bertz CT molecular complexity index is 908. The van der Waals surface area contributed by atoms with Gasteiger partial charge in [-0.15, -0.1) is 0 Å². The molecule has 2 aromatic carbocycles. The van der Waals surface area contributed by atoms with Gasteiger partial charge < -0.3 is 10.2 Å². The lowest BCUT2D eigenvalue weighted by atomic mass is 9.91. The van der Waals surface area contributed by atoms with Crippen LogP contribution >= 0.6 is 0 Å². The summed E-state index contributed by atoms with van der Waals surface area (Å²) in [5.74, 6) is 0.396. The summed E-state index contributed by atoms with van der Waals surface area (Å²) in [5, 5.41) is 3.60. The fraction of sp³-hybridized carbons (Fsp3) is 0.400. The number of hydrogen-bond acceptors (Lipinski definition) is 4. The molecule has 0 saturated carbocycles. The van der Waals surface area contributed by atoms with Gasteiger partial charge in [0.15, 0.2) is 0 Å². The van der Waals surface area contributed by atoms with Crippen molar-refractivity contribution in [2.75, 3.05) is 25.5 Å². The molecule has 4 nitrogen and oxygen atoms in total. The molecule has 1 N–H and O–H groups in total. The highest BCUT2D eigenvalue weighted by molar-refractivity contribution is 7.91. The van der Waals surface area contributed by atoms with E-state index in [4.69, 9.17) is 0 Å². The van der Waals surface area contributed by atoms with Crippen LogP contribution in [0.15, 0.2) is 52.3 Å². The van der Waals surface area contributed by atoms with E-state index >= 15 is 0 Å². The van der Waals surface area contributed by atoms with E-state index in [1.165, 1.54) is 0 Å². The number of likely N-dealkylation sites (tertiary alicyclic amines) is 1. The van der Waals surface area contributed by atoms with Crippen LogP contribution in [0.2, 0.25) is 0 Å². The normalized spacial score (nSPS) is 23.4. The van der Waals surface area contributed by atoms with Crippen molar-refractivity contribution in [1.29, 1.82) is 0 Å². The first-order chi connectivity index (χ1) is 11.9. The summed E-state index contributed by atoms with van der Waals surface area (Å²) in [6, 6.07) is 13.1. The minimum absolute atomic E-state index is 0.371. The van der Waals surface area contributed by atoms with E-state index in [1.54, 1.807) is 24.3 Å². The van der Waals surface area contributed by atoms with Crippen LogP contribution in [0.4, 0.5) is 5.69 Å². The summed E-state index contributed by atoms with van der Waals surface area (Å²) in [5.41, 5.74) is 3.22. The fourth-order valence-corrected chi connectivity index (χ4v) is 5.44. The summed E-state index contributed by atoms with van der Waals surface area (Å²) in [6.45, 7) is 4.05. The first-order valence-electron chi connectivity index (χ1n) is 8.86. The highest BCUT2D eigenvalue weighted by atomic mass is 32.2. The Kier molecular flexibility index (Phi) is 4.08. The van der Waals surface area contributed by atoms with Crippen LogP contribution in [0.1, 0.15) is 29.9 Å². The van der Waals surface area contributed by atoms with Crippen molar-refractivity contribution < 1.29 is 8.42 Å². The van der Waals surface area contributed by atoms with E-state index in [1.807, 2.05) is 25.1 Å². The molecular formula is C20H24N2O2S. The van der Waals surface area contributed by atoms with Crippen LogP contribution in [0.5, 0.6) is 0 Å². The molecule has 5 heteroatoms. The van der Waals surface area contributed by atoms with E-state index in [0.29, 0.717) is 21.8 Å². The van der Waals surface area contributed by atoms with Crippen LogP contribution < -0.4 is 5.32 Å². The lowest BCUT2D eigenvalue weighted by Gasteiger charge is -2.16. The maximum Gasteiger partial charge on any atom is 0.206 e. The Balaban J connectivity index is 1.73. The van der Waals surface area contributed by atoms with Gasteiger partial charge in [-0.25, -0.2) is 8.42 Å². The molecule has 2 heterocycles. The topological polar surface area (TPSA) is 49.4 Å². The van der Waals surface area contributed by atoms with E-state index < -0.39 is 9.84 Å². The summed E-state index contributed by atoms with van der Waals surface area (Å²) < 4.78 is 26.1. The minimum Gasteiger partial charge on any atom is -0.381 e. The third-order valence-corrected chi connectivity index (χ3v) is 7.25. The molecule has 0 radical (unpaired) electrons. The lowest BCUT2D eigenvalue weighted by Crippen LogP contribution is -2.22. The van der Waals surface area contributed by atoms with Crippen molar-refractivity contribution in [3.8, 4) is 0 Å². The fourth-order valence-electron chi connectivity index (χ4n) is 4.04. The summed E-state index contributed by atoms with van der Waals surface area (Å²) >= 11 is 0. The van der Waals surface area contributed by atoms with Gasteiger partial charge in [0.25, 0.3) is 0 Å². The van der Waals surface area contributed by atoms with Gasteiger partial charge in [-0.05, 0) is 81.4 Å². The number of fused-ring (bicyclic) bond motifs is 3. The molecule has 0 aromatic heterocycles. The van der Waals surface area contributed by atoms with Gasteiger partial charge in [0, 0.05) is 17.6 Å². The van der Waals surface area contributed by atoms with Crippen molar-refractivity contribution >= 4 is 15.5 Å². The SMILES string of the molecule is Cc1cccc(S(=O)(=O)c2ccc3c(c2)[C@H]2CCN(C)CC[C@@H]2N3)c1. The van der Waals surface area contributed by atoms with Crippen LogP contribution in [0.3, 0.4) is 0 Å². The number of benzene rings is 2. The largest absolute Gasteiger partial charge is 0.381 e. The lowest BCUT2D eigenvalue weighted by molar-refractivity contribution is 0.346. The van der Waals surface area contributed by atoms with Crippen LogP contribution in [0.25, 0.3) is 0 Å². The van der Waals surface area contributed by atoms with Gasteiger partial charge in [-0.1, -0.05) is 12.1 Å². The number of nitrogens with one attached hydrogen (secondary N) is 1. The molecule has 2 aromatic rings. The molecule has 2 aliphatic heterocycles. The number of hydrogen-bond donors (Lipinski definition) is 1. The Morgan fingerprint density at radius 3 is 2.60 bits per heavy atom. The zero-order valence-corrected chi connectivity index (χ0v) is 15.5. The van der Waals surface area contributed by atoms with Crippen molar-refractivity contribution in [3.05, 3.63) is 53.6 Å². The van der Waals surface area contributed by atoms with Crippen LogP contribution in [0, 0.1) is 6.92 Å². The van der Waals surface area contributed by atoms with E-state index in [0.717, 1.165) is 42.7 Å². The molecule has 0 aliphatic carbocycles. The van der Waals surface area contributed by atoms with Crippen molar-refractivity contribution in [3.63, 3.8) is 0 Å². The molecular weight excluding hydrogens is 332 g/mol. The monoisotopic (exact) mass is 356 g/mol. The predicted octanol–water partition coefficient (Wildman–Crippen LogP) is 3.43. The molecule has 2 atom stereocenters. The van der Waals surface area contributed by atoms with Crippen molar-refractivity contribution in [2.45, 2.75) is 41.5 Å². The zero-order valence-electron chi connectivity index (χ0n) is 14.7. The number of nitrogens with zero attached hydrogens (tertiary/aromatic N) is 1. The summed E-state index contributed by atoms with van der Waals surface area (Å²) in [4.78, 5) is 3.12. The molecule has 0 bridgehead atoms. The van der Waals surface area contributed by atoms with Crippen LogP contribution in [-0.4, -0.2) is 39.5 Å². The van der Waals surface area contributed by atoms with Gasteiger partial charge >= 0.3 is 0 Å². The third-order valence-electron chi connectivity index (χ3n) is 5.50. The predicted molar refractivity (Wildman–Crippen MR) is 100.0 cm³/mol. The molecule has 132 valence electrons. The second kappa shape index (κ2) is 6.15. The minimum atomic E-state index is -3.48. The van der Waals surface area contributed by atoms with E-state index in [-0.39, 0.29) is 0 Å². The average Bonchev–Trinajstić information content (AvgIpc) is 2.84. The maximum absolute atomic E-state index is 13.0. The smallest absolute Gasteiger partial charge is 0.206 e. The molecule has 0 spiro atoms. The number of anilines is 1. The number of rotatable bonds is 2. The second-order valence-electron chi connectivity index (χ2n) is 7.31. The molecule has 1 saturated heterocycles. The van der Waals surface area contributed by atoms with Gasteiger partial charge in [0.1, 0.15) is 0 Å². The zero-order chi connectivity index (χ0) is 17.6. The molecule has 25 heavy (non-hydrogen) atoms. The number of sulfone groups is 1. The molecule has 4 rings (SSSR count). The molecule has 2 aliphatic rings. The third kappa shape index (κ3) is 2.96. The van der Waals surface area contributed by atoms with E-state index in [9.17, 15) is 8.42 Å². The summed E-state index contributed by atoms with van der Waals surface area (Å²) in [7, 11) is -1.33. The van der Waals surface area contributed by atoms with Gasteiger partial charge in [-0.2, -0.15) is 0 Å². The Labute approximate surface area is 149 Å². The Morgan fingerprint density at radius 1 is 1.04 bits per heavy atom. The standard InChI is InChI=1S/C20H24N2O2S/c1-14-4-3-5-15(12-14)25(23,24)16-6-7-19-18(13-16)17-8-10-22(2)11-9-20(17)21-19/h3-7,12-13,17,20-21H,8-11H2,1-2H3/t17-,20+/m1/s1. The van der Waals surface area contributed by atoms with Gasteiger partial charge in [-0.3, -0.25) is 0 Å². The molecule has 1 fully saturated rings. The highest BCUT2D eigenvalue weighted by Crippen LogP contribution is 2.42. The summed E-state index contributed by atoms with van der Waals surface area (Å²) in [6.07, 6.45) is 2.16. The van der Waals surface area contributed by atoms with Gasteiger partial charge in [0.2, 0.25) is 9.84 Å². The Hall–Kier alpha value is -1.85. The van der Waals surface area contributed by atoms with Crippen LogP contribution in [-0.2, 0) is 9.84 Å². The second-order valence-corrected chi connectivity index (χ2v) is 9.26. The van der Waals surface area contributed by atoms with E-state index in [2.05, 4.69) is 17.3 Å².